The first kappa shape index (κ1) is 11.8. The zero-order valence-electron chi connectivity index (χ0n) is 9.12. The van der Waals surface area contributed by atoms with Crippen LogP contribution in [-0.4, -0.2) is 48.2 Å². The van der Waals surface area contributed by atoms with Crippen molar-refractivity contribution in [3.05, 3.63) is 30.4 Å². The molecule has 1 atom stereocenters. The Labute approximate surface area is 101 Å². The lowest BCUT2D eigenvalue weighted by Crippen LogP contribution is -2.42. The summed E-state index contributed by atoms with van der Waals surface area (Å²) in [6, 6.07) is -1.07. The average Bonchev–Trinajstić information content (AvgIpc) is 3.00. The predicted molar refractivity (Wildman–Crippen MR) is 57.6 cm³/mol. The van der Waals surface area contributed by atoms with Crippen LogP contribution in [0.1, 0.15) is 16.3 Å². The van der Waals surface area contributed by atoms with Gasteiger partial charge >= 0.3 is 5.97 Å². The van der Waals surface area contributed by atoms with Gasteiger partial charge in [0.25, 0.3) is 5.91 Å². The zero-order valence-corrected chi connectivity index (χ0v) is 9.12. The molecule has 2 aromatic heterocycles. The molecule has 0 aromatic carbocycles. The number of carboxylic acids is 1. The molecule has 0 unspecified atom stereocenters. The van der Waals surface area contributed by atoms with E-state index in [0.717, 1.165) is 0 Å². The Morgan fingerprint density at radius 2 is 2.33 bits per heavy atom. The van der Waals surface area contributed by atoms with Gasteiger partial charge in [0, 0.05) is 18.3 Å². The largest absolute Gasteiger partial charge is 0.480 e. The van der Waals surface area contributed by atoms with Crippen molar-refractivity contribution in [1.29, 1.82) is 0 Å². The molecule has 0 saturated heterocycles. The van der Waals surface area contributed by atoms with Gasteiger partial charge in [0.15, 0.2) is 0 Å². The fourth-order valence-corrected chi connectivity index (χ4v) is 1.36. The first-order valence-corrected chi connectivity index (χ1v) is 5.03. The number of carbonyl (C=O) groups excluding carboxylic acids is 1. The maximum atomic E-state index is 11.6. The summed E-state index contributed by atoms with van der Waals surface area (Å²) in [6.07, 6.45) is 4.21. The Morgan fingerprint density at radius 1 is 1.50 bits per heavy atom. The summed E-state index contributed by atoms with van der Waals surface area (Å²) >= 11 is 0. The van der Waals surface area contributed by atoms with Gasteiger partial charge in [-0.05, 0) is 0 Å². The lowest BCUT2D eigenvalue weighted by atomic mass is 10.1. The fourth-order valence-electron chi connectivity index (χ4n) is 1.36. The molecular weight excluding hydrogens is 240 g/mol. The van der Waals surface area contributed by atoms with Crippen LogP contribution < -0.4 is 5.32 Å². The number of carboxylic acid groups (broad SMARTS) is 1. The highest BCUT2D eigenvalue weighted by Gasteiger charge is 2.22. The Morgan fingerprint density at radius 3 is 2.89 bits per heavy atom. The highest BCUT2D eigenvalue weighted by atomic mass is 16.4. The minimum atomic E-state index is -1.14. The third-order valence-corrected chi connectivity index (χ3v) is 2.21. The number of nitrogens with one attached hydrogen (secondary N) is 3. The second-order valence-corrected chi connectivity index (χ2v) is 3.48. The standard InChI is InChI=1S/C9H10N6O3/c16-8(7-12-4-13-15-7)14-6(9(17)18)1-5-2-10-3-11-5/h2-4,6H,1H2,(H,10,11)(H,14,16)(H,17,18)(H,12,13,15)/t6-/m1/s1. The van der Waals surface area contributed by atoms with Crippen molar-refractivity contribution >= 4 is 11.9 Å². The van der Waals surface area contributed by atoms with Gasteiger partial charge in [-0.2, -0.15) is 5.10 Å². The minimum Gasteiger partial charge on any atom is -0.480 e. The van der Waals surface area contributed by atoms with E-state index in [2.05, 4.69) is 30.5 Å². The Bertz CT molecular complexity index is 521. The van der Waals surface area contributed by atoms with Crippen LogP contribution in [0.25, 0.3) is 0 Å². The molecule has 9 nitrogen and oxygen atoms in total. The summed E-state index contributed by atoms with van der Waals surface area (Å²) in [5.41, 5.74) is 0.611. The quantitative estimate of drug-likeness (QED) is 0.534. The average molecular weight is 250 g/mol. The maximum Gasteiger partial charge on any atom is 0.326 e. The van der Waals surface area contributed by atoms with Gasteiger partial charge in [0.05, 0.1) is 6.33 Å². The second kappa shape index (κ2) is 5.08. The third-order valence-electron chi connectivity index (χ3n) is 2.21. The number of aromatic nitrogens is 5. The van der Waals surface area contributed by atoms with Gasteiger partial charge < -0.3 is 15.4 Å². The van der Waals surface area contributed by atoms with E-state index in [1.165, 1.54) is 18.9 Å². The van der Waals surface area contributed by atoms with Crippen LogP contribution in [0.15, 0.2) is 18.9 Å². The van der Waals surface area contributed by atoms with E-state index in [1.54, 1.807) is 0 Å². The van der Waals surface area contributed by atoms with Crippen LogP contribution in [-0.2, 0) is 11.2 Å². The molecule has 1 amide bonds. The number of hydrogen-bond acceptors (Lipinski definition) is 5. The van der Waals surface area contributed by atoms with Crippen molar-refractivity contribution in [3.8, 4) is 0 Å². The summed E-state index contributed by atoms with van der Waals surface area (Å²) in [7, 11) is 0. The van der Waals surface area contributed by atoms with Gasteiger partial charge in [-0.25, -0.2) is 14.8 Å². The number of H-pyrrole nitrogens is 2. The smallest absolute Gasteiger partial charge is 0.326 e. The van der Waals surface area contributed by atoms with Crippen LogP contribution in [0, 0.1) is 0 Å². The van der Waals surface area contributed by atoms with Crippen molar-refractivity contribution < 1.29 is 14.7 Å². The van der Waals surface area contributed by atoms with E-state index in [9.17, 15) is 9.59 Å². The van der Waals surface area contributed by atoms with E-state index in [1.807, 2.05) is 0 Å². The molecule has 0 aliphatic rings. The number of hydrogen-bond donors (Lipinski definition) is 4. The van der Waals surface area contributed by atoms with Crippen LogP contribution >= 0.6 is 0 Å². The van der Waals surface area contributed by atoms with E-state index in [0.29, 0.717) is 5.69 Å². The Balaban J connectivity index is 2.03. The van der Waals surface area contributed by atoms with Gasteiger partial charge in [0.1, 0.15) is 12.4 Å². The SMILES string of the molecule is O=C(N[C@H](Cc1cnc[nH]1)C(=O)O)c1ncn[nH]1. The topological polar surface area (TPSA) is 137 Å². The molecule has 0 saturated carbocycles. The molecule has 2 heterocycles. The highest BCUT2D eigenvalue weighted by molar-refractivity contribution is 5.93. The van der Waals surface area contributed by atoms with Gasteiger partial charge in [0.2, 0.25) is 5.82 Å². The number of amides is 1. The molecule has 2 aromatic rings. The molecule has 0 aliphatic carbocycles. The molecule has 0 fully saturated rings. The molecule has 0 bridgehead atoms. The molecular formula is C9H10N6O3. The molecule has 0 aliphatic heterocycles. The fraction of sp³-hybridized carbons (Fsp3) is 0.222. The van der Waals surface area contributed by atoms with Crippen LogP contribution in [0.2, 0.25) is 0 Å². The third kappa shape index (κ3) is 2.70. The Hall–Kier alpha value is -2.71. The number of rotatable bonds is 5. The van der Waals surface area contributed by atoms with Crippen molar-refractivity contribution in [3.63, 3.8) is 0 Å². The lowest BCUT2D eigenvalue weighted by molar-refractivity contribution is -0.139. The van der Waals surface area contributed by atoms with Crippen LogP contribution in [0.3, 0.4) is 0 Å². The minimum absolute atomic E-state index is 0.0362. The number of carbonyl (C=O) groups is 2. The van der Waals surface area contributed by atoms with Crippen molar-refractivity contribution in [2.75, 3.05) is 0 Å². The molecule has 9 heteroatoms. The Kier molecular flexibility index (Phi) is 3.32. The molecule has 4 N–H and O–H groups in total. The summed E-state index contributed by atoms with van der Waals surface area (Å²) in [5, 5.41) is 17.2. The first-order valence-electron chi connectivity index (χ1n) is 5.03. The maximum absolute atomic E-state index is 11.6. The van der Waals surface area contributed by atoms with Crippen LogP contribution in [0.5, 0.6) is 0 Å². The molecule has 2 rings (SSSR count). The first-order chi connectivity index (χ1) is 8.66. The van der Waals surface area contributed by atoms with Gasteiger partial charge in [-0.1, -0.05) is 0 Å². The lowest BCUT2D eigenvalue weighted by Gasteiger charge is -2.12. The van der Waals surface area contributed by atoms with Gasteiger partial charge in [-0.15, -0.1) is 0 Å². The summed E-state index contributed by atoms with van der Waals surface area (Å²) in [5.74, 6) is -1.80. The van der Waals surface area contributed by atoms with Crippen LogP contribution in [0.4, 0.5) is 0 Å². The number of aromatic amines is 2. The molecule has 94 valence electrons. The number of imidazole rings is 1. The molecule has 0 radical (unpaired) electrons. The normalized spacial score (nSPS) is 12.0. The molecule has 18 heavy (non-hydrogen) atoms. The van der Waals surface area contributed by atoms with Crippen molar-refractivity contribution in [2.45, 2.75) is 12.5 Å². The number of nitrogens with zero attached hydrogens (tertiary/aromatic N) is 3. The summed E-state index contributed by atoms with van der Waals surface area (Å²) < 4.78 is 0. The van der Waals surface area contributed by atoms with Crippen molar-refractivity contribution in [1.82, 2.24) is 30.5 Å². The summed E-state index contributed by atoms with van der Waals surface area (Å²) in [6.45, 7) is 0. The highest BCUT2D eigenvalue weighted by Crippen LogP contribution is 2.00. The van der Waals surface area contributed by atoms with E-state index in [-0.39, 0.29) is 12.2 Å². The van der Waals surface area contributed by atoms with E-state index >= 15 is 0 Å². The second-order valence-electron chi connectivity index (χ2n) is 3.48. The predicted octanol–water partition coefficient (Wildman–Crippen LogP) is -1.05. The zero-order chi connectivity index (χ0) is 13.0. The number of aliphatic carboxylic acids is 1. The molecule has 0 spiro atoms. The van der Waals surface area contributed by atoms with Crippen molar-refractivity contribution in [2.24, 2.45) is 0 Å². The van der Waals surface area contributed by atoms with E-state index in [4.69, 9.17) is 5.11 Å². The van der Waals surface area contributed by atoms with Gasteiger partial charge in [-0.3, -0.25) is 9.89 Å². The van der Waals surface area contributed by atoms with E-state index < -0.39 is 17.9 Å². The summed E-state index contributed by atoms with van der Waals surface area (Å²) in [4.78, 5) is 32.8. The monoisotopic (exact) mass is 250 g/mol.